The van der Waals surface area contributed by atoms with Crippen LogP contribution in [0, 0.1) is 0 Å². The highest BCUT2D eigenvalue weighted by Gasteiger charge is 2.11. The lowest BCUT2D eigenvalue weighted by atomic mass is 10.2. The quantitative estimate of drug-likeness (QED) is 0.624. The fraction of sp³-hybridized carbons (Fsp3) is 0. The summed E-state index contributed by atoms with van der Waals surface area (Å²) >= 11 is 16.8. The SMILES string of the molecule is O=C(Nc1ccc(Cl)cc1Br)c1ccc(Br)cc1S. The Bertz CT molecular complexity index is 649. The highest BCUT2D eigenvalue weighted by Crippen LogP contribution is 2.27. The summed E-state index contributed by atoms with van der Waals surface area (Å²) in [5, 5.41) is 3.41. The largest absolute Gasteiger partial charge is 0.321 e. The number of carbonyl (C=O) groups is 1. The first-order valence-corrected chi connectivity index (χ1v) is 7.63. The molecule has 1 N–H and O–H groups in total. The van der Waals surface area contributed by atoms with Gasteiger partial charge in [0, 0.05) is 18.9 Å². The fourth-order valence-corrected chi connectivity index (χ4v) is 3.11. The van der Waals surface area contributed by atoms with Crippen LogP contribution in [-0.4, -0.2) is 5.91 Å². The van der Waals surface area contributed by atoms with Crippen molar-refractivity contribution in [2.75, 3.05) is 5.32 Å². The van der Waals surface area contributed by atoms with Crippen molar-refractivity contribution in [1.82, 2.24) is 0 Å². The number of rotatable bonds is 2. The molecule has 0 aliphatic carbocycles. The number of hydrogen-bond acceptors (Lipinski definition) is 2. The molecule has 6 heteroatoms. The smallest absolute Gasteiger partial charge is 0.256 e. The van der Waals surface area contributed by atoms with Gasteiger partial charge >= 0.3 is 0 Å². The highest BCUT2D eigenvalue weighted by atomic mass is 79.9. The summed E-state index contributed by atoms with van der Waals surface area (Å²) in [6.45, 7) is 0. The van der Waals surface area contributed by atoms with Gasteiger partial charge in [0.05, 0.1) is 11.3 Å². The van der Waals surface area contributed by atoms with Crippen LogP contribution in [0.3, 0.4) is 0 Å². The monoisotopic (exact) mass is 419 g/mol. The van der Waals surface area contributed by atoms with Gasteiger partial charge in [-0.25, -0.2) is 0 Å². The van der Waals surface area contributed by atoms with Crippen molar-refractivity contribution >= 4 is 67.7 Å². The lowest BCUT2D eigenvalue weighted by Gasteiger charge is -2.09. The third-order valence-corrected chi connectivity index (χ3v) is 4.14. The minimum absolute atomic E-state index is 0.222. The number of benzene rings is 2. The maximum atomic E-state index is 12.2. The average Bonchev–Trinajstić information content (AvgIpc) is 2.32. The summed E-state index contributed by atoms with van der Waals surface area (Å²) in [4.78, 5) is 12.8. The zero-order chi connectivity index (χ0) is 14.0. The molecule has 0 atom stereocenters. The predicted molar refractivity (Wildman–Crippen MR) is 88.5 cm³/mol. The molecule has 0 saturated heterocycles. The van der Waals surface area contributed by atoms with E-state index in [1.54, 1.807) is 36.4 Å². The van der Waals surface area contributed by atoms with Crippen molar-refractivity contribution in [2.24, 2.45) is 0 Å². The molecule has 2 aromatic carbocycles. The fourth-order valence-electron chi connectivity index (χ4n) is 1.48. The van der Waals surface area contributed by atoms with Crippen molar-refractivity contribution in [1.29, 1.82) is 0 Å². The molecular weight excluding hydrogens is 413 g/mol. The van der Waals surface area contributed by atoms with Gasteiger partial charge in [-0.15, -0.1) is 12.6 Å². The number of carbonyl (C=O) groups excluding carboxylic acids is 1. The Balaban J connectivity index is 2.25. The van der Waals surface area contributed by atoms with Crippen molar-refractivity contribution < 1.29 is 4.79 Å². The second-order valence-corrected chi connectivity index (χ2v) is 6.43. The molecule has 0 saturated carbocycles. The zero-order valence-electron chi connectivity index (χ0n) is 9.45. The third-order valence-electron chi connectivity index (χ3n) is 2.38. The Labute approximate surface area is 138 Å². The minimum atomic E-state index is -0.222. The van der Waals surface area contributed by atoms with Crippen LogP contribution in [0.2, 0.25) is 5.02 Å². The van der Waals surface area contributed by atoms with E-state index < -0.39 is 0 Å². The molecule has 98 valence electrons. The number of anilines is 1. The number of amides is 1. The summed E-state index contributed by atoms with van der Waals surface area (Å²) in [6, 6.07) is 10.5. The van der Waals surface area contributed by atoms with Crippen LogP contribution in [0.1, 0.15) is 10.4 Å². The molecule has 1 amide bonds. The van der Waals surface area contributed by atoms with E-state index in [1.165, 1.54) is 0 Å². The molecule has 2 aromatic rings. The van der Waals surface area contributed by atoms with Crippen LogP contribution in [0.15, 0.2) is 50.2 Å². The van der Waals surface area contributed by atoms with Crippen molar-refractivity contribution in [3.05, 3.63) is 55.9 Å². The Morgan fingerprint density at radius 3 is 2.53 bits per heavy atom. The number of thiol groups is 1. The molecular formula is C13H8Br2ClNOS. The Kier molecular flexibility index (Phi) is 4.95. The van der Waals surface area contributed by atoms with Gasteiger partial charge in [0.15, 0.2) is 0 Å². The second kappa shape index (κ2) is 6.31. The molecule has 19 heavy (non-hydrogen) atoms. The lowest BCUT2D eigenvalue weighted by molar-refractivity contribution is 0.102. The number of halogens is 3. The van der Waals surface area contributed by atoms with Crippen molar-refractivity contribution in [3.63, 3.8) is 0 Å². The predicted octanol–water partition coefficient (Wildman–Crippen LogP) is 5.41. The second-order valence-electron chi connectivity index (χ2n) is 3.74. The molecule has 0 aliphatic rings. The molecule has 0 heterocycles. The Morgan fingerprint density at radius 1 is 1.16 bits per heavy atom. The maximum absolute atomic E-state index is 12.2. The standard InChI is InChI=1S/C13H8Br2ClNOS/c14-7-1-3-9(12(19)5-7)13(18)17-11-4-2-8(16)6-10(11)15/h1-6,19H,(H,17,18). The number of nitrogens with one attached hydrogen (secondary N) is 1. The zero-order valence-corrected chi connectivity index (χ0v) is 14.3. The van der Waals surface area contributed by atoms with Gasteiger partial charge in [0.25, 0.3) is 5.91 Å². The first-order valence-electron chi connectivity index (χ1n) is 5.22. The molecule has 0 unspecified atom stereocenters. The number of hydrogen-bond donors (Lipinski definition) is 2. The van der Waals surface area contributed by atoms with E-state index in [1.807, 2.05) is 0 Å². The van der Waals surface area contributed by atoms with Gasteiger partial charge in [-0.2, -0.15) is 0 Å². The highest BCUT2D eigenvalue weighted by molar-refractivity contribution is 9.10. The van der Waals surface area contributed by atoms with E-state index in [-0.39, 0.29) is 5.91 Å². The van der Waals surface area contributed by atoms with Gasteiger partial charge in [0.1, 0.15) is 0 Å². The Hall–Kier alpha value is -0.490. The minimum Gasteiger partial charge on any atom is -0.321 e. The normalized spacial score (nSPS) is 10.3. The maximum Gasteiger partial charge on any atom is 0.256 e. The average molecular weight is 422 g/mol. The van der Waals surface area contributed by atoms with Gasteiger partial charge in [0.2, 0.25) is 0 Å². The van der Waals surface area contributed by atoms with Crippen LogP contribution in [0.4, 0.5) is 5.69 Å². The molecule has 2 nitrogen and oxygen atoms in total. The molecule has 0 spiro atoms. The molecule has 0 radical (unpaired) electrons. The Morgan fingerprint density at radius 2 is 1.89 bits per heavy atom. The van der Waals surface area contributed by atoms with E-state index in [9.17, 15) is 4.79 Å². The lowest BCUT2D eigenvalue weighted by Crippen LogP contribution is -2.13. The molecule has 0 aliphatic heterocycles. The van der Waals surface area contributed by atoms with Gasteiger partial charge < -0.3 is 5.32 Å². The van der Waals surface area contributed by atoms with Gasteiger partial charge in [-0.05, 0) is 52.3 Å². The summed E-state index contributed by atoms with van der Waals surface area (Å²) in [5.41, 5.74) is 1.17. The summed E-state index contributed by atoms with van der Waals surface area (Å²) in [6.07, 6.45) is 0. The van der Waals surface area contributed by atoms with Crippen LogP contribution >= 0.6 is 56.1 Å². The van der Waals surface area contributed by atoms with Crippen LogP contribution in [0.5, 0.6) is 0 Å². The summed E-state index contributed by atoms with van der Waals surface area (Å²) < 4.78 is 1.60. The van der Waals surface area contributed by atoms with Gasteiger partial charge in [-0.1, -0.05) is 27.5 Å². The molecule has 0 bridgehead atoms. The third kappa shape index (κ3) is 3.75. The molecule has 0 aromatic heterocycles. The molecule has 0 fully saturated rings. The van der Waals surface area contributed by atoms with E-state index in [4.69, 9.17) is 11.6 Å². The van der Waals surface area contributed by atoms with E-state index in [0.29, 0.717) is 21.2 Å². The topological polar surface area (TPSA) is 29.1 Å². The van der Waals surface area contributed by atoms with E-state index in [2.05, 4.69) is 49.8 Å². The summed E-state index contributed by atoms with van der Waals surface area (Å²) in [7, 11) is 0. The first kappa shape index (κ1) is 14.9. The summed E-state index contributed by atoms with van der Waals surface area (Å²) in [5.74, 6) is -0.222. The van der Waals surface area contributed by atoms with Crippen LogP contribution in [-0.2, 0) is 0 Å². The van der Waals surface area contributed by atoms with E-state index in [0.717, 1.165) is 8.95 Å². The van der Waals surface area contributed by atoms with Crippen molar-refractivity contribution in [3.8, 4) is 0 Å². The van der Waals surface area contributed by atoms with Crippen LogP contribution in [0.25, 0.3) is 0 Å². The first-order chi connectivity index (χ1) is 8.97. The van der Waals surface area contributed by atoms with Crippen LogP contribution < -0.4 is 5.32 Å². The molecule has 2 rings (SSSR count). The van der Waals surface area contributed by atoms with Crippen molar-refractivity contribution in [2.45, 2.75) is 4.90 Å². The van der Waals surface area contributed by atoms with Gasteiger partial charge in [-0.3, -0.25) is 4.79 Å². The van der Waals surface area contributed by atoms with E-state index >= 15 is 0 Å².